The lowest BCUT2D eigenvalue weighted by Gasteiger charge is -2.12. The number of hydrogen-bond donors (Lipinski definition) is 1. The predicted octanol–water partition coefficient (Wildman–Crippen LogP) is 6.28. The van der Waals surface area contributed by atoms with Gasteiger partial charge in [0.25, 0.3) is 10.0 Å². The van der Waals surface area contributed by atoms with Crippen molar-refractivity contribution in [3.05, 3.63) is 70.4 Å². The Morgan fingerprint density at radius 1 is 1.03 bits per heavy atom. The molecule has 1 heterocycles. The first-order valence-electron chi connectivity index (χ1n) is 10.3. The molecule has 8 heteroatoms. The molecule has 4 rings (SSSR count). The van der Waals surface area contributed by atoms with Crippen LogP contribution in [0.15, 0.2) is 68.4 Å². The number of anilines is 1. The van der Waals surface area contributed by atoms with Crippen LogP contribution < -0.4 is 4.72 Å². The Balaban J connectivity index is 1.95. The van der Waals surface area contributed by atoms with Gasteiger partial charge in [-0.2, -0.15) is 0 Å². The third-order valence-electron chi connectivity index (χ3n) is 5.09. The Kier molecular flexibility index (Phi) is 6.26. The number of ether oxygens (including phenoxy) is 1. The molecule has 0 atom stereocenters. The zero-order valence-corrected chi connectivity index (χ0v) is 20.0. The molecule has 0 saturated heterocycles. The first kappa shape index (κ1) is 22.4. The first-order valence-corrected chi connectivity index (χ1v) is 12.6. The molecule has 0 aliphatic heterocycles. The van der Waals surface area contributed by atoms with E-state index in [9.17, 15) is 13.2 Å². The fourth-order valence-corrected chi connectivity index (χ4v) is 5.04. The third-order valence-corrected chi connectivity index (χ3v) is 7.00. The molecule has 0 unspecified atom stereocenters. The molecule has 4 aromatic rings. The van der Waals surface area contributed by atoms with Gasteiger partial charge < -0.3 is 9.15 Å². The van der Waals surface area contributed by atoms with E-state index in [4.69, 9.17) is 9.15 Å². The number of carbonyl (C=O) groups is 1. The van der Waals surface area contributed by atoms with Crippen molar-refractivity contribution >= 4 is 59.4 Å². The zero-order chi connectivity index (χ0) is 22.9. The minimum absolute atomic E-state index is 0.134. The van der Waals surface area contributed by atoms with Gasteiger partial charge in [0.15, 0.2) is 0 Å². The molecule has 0 amide bonds. The normalized spacial score (nSPS) is 11.7. The number of fused-ring (bicyclic) bond motifs is 3. The third kappa shape index (κ3) is 4.12. The number of halogens is 1. The van der Waals surface area contributed by atoms with Gasteiger partial charge in [-0.25, -0.2) is 13.2 Å². The van der Waals surface area contributed by atoms with Crippen LogP contribution in [-0.4, -0.2) is 21.0 Å². The van der Waals surface area contributed by atoms with Crippen LogP contribution in [0.2, 0.25) is 0 Å². The molecule has 166 valence electrons. The molecule has 6 nitrogen and oxygen atoms in total. The van der Waals surface area contributed by atoms with Gasteiger partial charge in [-0.05, 0) is 43.7 Å². The molecule has 3 aromatic carbocycles. The standard InChI is InChI=1S/C24H22BrNO5S/c1-3-7-21-22(24(27)30-4-2)19-14-20(17-8-5-6-9-18(17)23(19)31-21)26-32(28,29)16-12-10-15(25)11-13-16/h5-6,8-14,26H,3-4,7H2,1-2H3. The van der Waals surface area contributed by atoms with Crippen molar-refractivity contribution in [2.24, 2.45) is 0 Å². The molecule has 0 fully saturated rings. The minimum Gasteiger partial charge on any atom is -0.462 e. The summed E-state index contributed by atoms with van der Waals surface area (Å²) in [5.74, 6) is 0.0608. The van der Waals surface area contributed by atoms with E-state index in [1.54, 1.807) is 25.1 Å². The first-order chi connectivity index (χ1) is 15.4. The number of sulfonamides is 1. The molecule has 0 bridgehead atoms. The van der Waals surface area contributed by atoms with Gasteiger partial charge in [-0.1, -0.05) is 47.1 Å². The smallest absolute Gasteiger partial charge is 0.342 e. The highest BCUT2D eigenvalue weighted by molar-refractivity contribution is 9.10. The number of carbonyl (C=O) groups excluding carboxylic acids is 1. The predicted molar refractivity (Wildman–Crippen MR) is 129 cm³/mol. The summed E-state index contributed by atoms with van der Waals surface area (Å²) in [5, 5.41) is 1.92. The number of benzene rings is 3. The number of rotatable bonds is 7. The van der Waals surface area contributed by atoms with E-state index in [1.807, 2.05) is 31.2 Å². The van der Waals surface area contributed by atoms with Crippen molar-refractivity contribution in [1.82, 2.24) is 0 Å². The van der Waals surface area contributed by atoms with E-state index in [0.717, 1.165) is 10.9 Å². The van der Waals surface area contributed by atoms with Crippen molar-refractivity contribution in [3.8, 4) is 0 Å². The van der Waals surface area contributed by atoms with E-state index < -0.39 is 16.0 Å². The van der Waals surface area contributed by atoms with Gasteiger partial charge in [-0.3, -0.25) is 4.72 Å². The van der Waals surface area contributed by atoms with Crippen molar-refractivity contribution in [1.29, 1.82) is 0 Å². The largest absolute Gasteiger partial charge is 0.462 e. The summed E-state index contributed by atoms with van der Waals surface area (Å²) in [6, 6.07) is 15.4. The van der Waals surface area contributed by atoms with E-state index in [-0.39, 0.29) is 11.5 Å². The average molecular weight is 516 g/mol. The molecule has 1 aromatic heterocycles. The van der Waals surface area contributed by atoms with Crippen LogP contribution in [0.5, 0.6) is 0 Å². The summed E-state index contributed by atoms with van der Waals surface area (Å²) in [7, 11) is -3.85. The molecule has 0 saturated carbocycles. The summed E-state index contributed by atoms with van der Waals surface area (Å²) < 4.78 is 41.0. The van der Waals surface area contributed by atoms with Crippen molar-refractivity contribution in [3.63, 3.8) is 0 Å². The number of furan rings is 1. The quantitative estimate of drug-likeness (QED) is 0.292. The second-order valence-corrected chi connectivity index (χ2v) is 9.87. The second kappa shape index (κ2) is 8.96. The Bertz CT molecular complexity index is 1410. The number of hydrogen-bond acceptors (Lipinski definition) is 5. The number of esters is 1. The van der Waals surface area contributed by atoms with Crippen LogP contribution in [0.4, 0.5) is 5.69 Å². The Morgan fingerprint density at radius 3 is 2.38 bits per heavy atom. The maximum Gasteiger partial charge on any atom is 0.342 e. The van der Waals surface area contributed by atoms with Crippen LogP contribution in [-0.2, 0) is 21.2 Å². The summed E-state index contributed by atoms with van der Waals surface area (Å²) in [5.41, 5.74) is 1.25. The van der Waals surface area contributed by atoms with Gasteiger partial charge in [0.05, 0.1) is 17.2 Å². The Morgan fingerprint density at radius 2 is 1.72 bits per heavy atom. The van der Waals surface area contributed by atoms with Crippen LogP contribution in [0.3, 0.4) is 0 Å². The topological polar surface area (TPSA) is 85.6 Å². The summed E-state index contributed by atoms with van der Waals surface area (Å²) >= 11 is 3.32. The fourth-order valence-electron chi connectivity index (χ4n) is 3.70. The summed E-state index contributed by atoms with van der Waals surface area (Å²) in [6.07, 6.45) is 1.35. The molecule has 0 aliphatic carbocycles. The van der Waals surface area contributed by atoms with Crippen LogP contribution in [0, 0.1) is 0 Å². The lowest BCUT2D eigenvalue weighted by Crippen LogP contribution is -2.13. The average Bonchev–Trinajstić information content (AvgIpc) is 3.12. The van der Waals surface area contributed by atoms with Gasteiger partial charge in [0.1, 0.15) is 16.9 Å². The Hall–Kier alpha value is -2.84. The highest BCUT2D eigenvalue weighted by atomic mass is 79.9. The summed E-state index contributed by atoms with van der Waals surface area (Å²) in [4.78, 5) is 12.9. The molecule has 0 spiro atoms. The van der Waals surface area contributed by atoms with E-state index in [2.05, 4.69) is 20.7 Å². The number of nitrogens with one attached hydrogen (secondary N) is 1. The van der Waals surface area contributed by atoms with Crippen molar-refractivity contribution in [2.45, 2.75) is 31.6 Å². The van der Waals surface area contributed by atoms with Gasteiger partial charge in [0, 0.05) is 27.1 Å². The fraction of sp³-hybridized carbons (Fsp3) is 0.208. The molecular weight excluding hydrogens is 494 g/mol. The highest BCUT2D eigenvalue weighted by Gasteiger charge is 2.25. The van der Waals surface area contributed by atoms with E-state index >= 15 is 0 Å². The number of aryl methyl sites for hydroxylation is 1. The Labute approximate surface area is 194 Å². The molecular formula is C24H22BrNO5S. The monoisotopic (exact) mass is 515 g/mol. The zero-order valence-electron chi connectivity index (χ0n) is 17.6. The lowest BCUT2D eigenvalue weighted by molar-refractivity contribution is 0.0526. The van der Waals surface area contributed by atoms with Gasteiger partial charge in [0.2, 0.25) is 0 Å². The van der Waals surface area contributed by atoms with Crippen molar-refractivity contribution in [2.75, 3.05) is 11.3 Å². The van der Waals surface area contributed by atoms with Gasteiger partial charge in [-0.15, -0.1) is 0 Å². The second-order valence-electron chi connectivity index (χ2n) is 7.28. The minimum atomic E-state index is -3.85. The van der Waals surface area contributed by atoms with E-state index in [0.29, 0.717) is 45.2 Å². The molecule has 0 aliphatic rings. The molecule has 32 heavy (non-hydrogen) atoms. The SMILES string of the molecule is CCCc1oc2c(cc(NS(=O)(=O)c3ccc(Br)cc3)c3ccccc32)c1C(=O)OCC. The van der Waals surface area contributed by atoms with Crippen molar-refractivity contribution < 1.29 is 22.4 Å². The van der Waals surface area contributed by atoms with Gasteiger partial charge >= 0.3 is 5.97 Å². The lowest BCUT2D eigenvalue weighted by atomic mass is 10.0. The molecule has 1 N–H and O–H groups in total. The summed E-state index contributed by atoms with van der Waals surface area (Å²) in [6.45, 7) is 3.97. The maximum absolute atomic E-state index is 13.1. The van der Waals surface area contributed by atoms with Crippen LogP contribution >= 0.6 is 15.9 Å². The van der Waals surface area contributed by atoms with Crippen LogP contribution in [0.1, 0.15) is 36.4 Å². The van der Waals surface area contributed by atoms with Crippen LogP contribution in [0.25, 0.3) is 21.7 Å². The molecule has 0 radical (unpaired) electrons. The maximum atomic E-state index is 13.1. The van der Waals surface area contributed by atoms with E-state index in [1.165, 1.54) is 12.1 Å². The highest BCUT2D eigenvalue weighted by Crippen LogP contribution is 2.38.